The molecule has 0 radical (unpaired) electrons. The number of rotatable bonds is 6. The van der Waals surface area contributed by atoms with Crippen LogP contribution in [0.15, 0.2) is 5.38 Å². The molecule has 0 N–H and O–H groups in total. The van der Waals surface area contributed by atoms with E-state index >= 15 is 0 Å². The van der Waals surface area contributed by atoms with E-state index in [0.29, 0.717) is 11.7 Å². The molecule has 2 rings (SSSR count). The number of aromatic nitrogens is 1. The summed E-state index contributed by atoms with van der Waals surface area (Å²) in [5.74, 6) is 0.728. The number of nitrogens with zero attached hydrogens (tertiary/aromatic N) is 2. The van der Waals surface area contributed by atoms with Crippen molar-refractivity contribution in [2.24, 2.45) is 5.92 Å². The Labute approximate surface area is 111 Å². The minimum absolute atomic E-state index is 0.00742. The minimum Gasteiger partial charge on any atom is -0.345 e. The molecule has 1 aliphatic rings. The first-order chi connectivity index (χ1) is 8.11. The van der Waals surface area contributed by atoms with E-state index in [9.17, 15) is 4.79 Å². The fraction of sp³-hybridized carbons (Fsp3) is 0.667. The Morgan fingerprint density at radius 1 is 1.65 bits per heavy atom. The average Bonchev–Trinajstić information content (AvgIpc) is 3.00. The maximum Gasteiger partial charge on any atom is 0.196 e. The Morgan fingerprint density at radius 3 is 2.88 bits per heavy atom. The lowest BCUT2D eigenvalue weighted by Crippen LogP contribution is -2.32. The third-order valence-electron chi connectivity index (χ3n) is 2.92. The van der Waals surface area contributed by atoms with E-state index in [0.717, 1.165) is 17.6 Å². The number of halogens is 1. The van der Waals surface area contributed by atoms with Gasteiger partial charge in [0.1, 0.15) is 5.69 Å². The summed E-state index contributed by atoms with van der Waals surface area (Å²) in [7, 11) is 0. The topological polar surface area (TPSA) is 33.2 Å². The predicted molar refractivity (Wildman–Crippen MR) is 72.4 cm³/mol. The second-order valence-electron chi connectivity index (χ2n) is 4.76. The molecule has 1 aromatic heterocycles. The lowest BCUT2D eigenvalue weighted by Gasteiger charge is -2.25. The Balaban J connectivity index is 2.11. The highest BCUT2D eigenvalue weighted by atomic mass is 35.5. The maximum absolute atomic E-state index is 11.4. The molecule has 0 aliphatic heterocycles. The summed E-state index contributed by atoms with van der Waals surface area (Å²) in [6.45, 7) is 5.37. The van der Waals surface area contributed by atoms with Gasteiger partial charge >= 0.3 is 0 Å². The highest BCUT2D eigenvalue weighted by Crippen LogP contribution is 2.33. The van der Waals surface area contributed by atoms with E-state index in [1.165, 1.54) is 24.2 Å². The molecule has 1 fully saturated rings. The van der Waals surface area contributed by atoms with Crippen LogP contribution in [0.1, 0.15) is 37.2 Å². The number of carbonyl (C=O) groups is 1. The molecule has 0 unspecified atom stereocenters. The number of hydrogen-bond donors (Lipinski definition) is 0. The number of ketones is 1. The van der Waals surface area contributed by atoms with Crippen LogP contribution in [0.5, 0.6) is 0 Å². The Kier molecular flexibility index (Phi) is 4.05. The molecule has 1 aliphatic carbocycles. The van der Waals surface area contributed by atoms with Gasteiger partial charge in [-0.25, -0.2) is 4.98 Å². The molecule has 1 saturated carbocycles. The SMILES string of the molecule is CC(C)N(CC1CC1)c1nc(C(=O)CCl)cs1. The zero-order valence-corrected chi connectivity index (χ0v) is 11.7. The monoisotopic (exact) mass is 272 g/mol. The third-order valence-corrected chi connectivity index (χ3v) is 4.04. The van der Waals surface area contributed by atoms with E-state index in [4.69, 9.17) is 11.6 Å². The normalized spacial score (nSPS) is 15.3. The first kappa shape index (κ1) is 12.8. The molecule has 1 aromatic rings. The Bertz CT molecular complexity index is 401. The molecule has 0 spiro atoms. The van der Waals surface area contributed by atoms with Crippen molar-refractivity contribution in [2.45, 2.75) is 32.7 Å². The standard InChI is InChI=1S/C12H17ClN2OS/c1-8(2)15(6-9-3-4-9)12-14-10(7-17-12)11(16)5-13/h7-9H,3-6H2,1-2H3. The smallest absolute Gasteiger partial charge is 0.196 e. The largest absolute Gasteiger partial charge is 0.345 e. The van der Waals surface area contributed by atoms with Crippen LogP contribution >= 0.6 is 22.9 Å². The Hall–Kier alpha value is -0.610. The first-order valence-corrected chi connectivity index (χ1v) is 7.34. The quantitative estimate of drug-likeness (QED) is 0.589. The summed E-state index contributed by atoms with van der Waals surface area (Å²) >= 11 is 7.07. The summed E-state index contributed by atoms with van der Waals surface area (Å²) in [6, 6.07) is 0.417. The minimum atomic E-state index is -0.0932. The van der Waals surface area contributed by atoms with Crippen LogP contribution in [0, 0.1) is 5.92 Å². The predicted octanol–water partition coefficient (Wildman–Crippen LogP) is 3.19. The van der Waals surface area contributed by atoms with Gasteiger partial charge in [0.15, 0.2) is 10.9 Å². The van der Waals surface area contributed by atoms with E-state index in [1.807, 2.05) is 5.38 Å². The second-order valence-corrected chi connectivity index (χ2v) is 5.87. The van der Waals surface area contributed by atoms with Crippen LogP contribution in [0.3, 0.4) is 0 Å². The number of anilines is 1. The van der Waals surface area contributed by atoms with E-state index in [2.05, 4.69) is 23.7 Å². The third kappa shape index (κ3) is 3.19. The molecule has 0 atom stereocenters. The van der Waals surface area contributed by atoms with Crippen LogP contribution in [0.2, 0.25) is 0 Å². The summed E-state index contributed by atoms with van der Waals surface area (Å²) in [5.41, 5.74) is 0.501. The van der Waals surface area contributed by atoms with Crippen molar-refractivity contribution in [1.29, 1.82) is 0 Å². The van der Waals surface area contributed by atoms with Crippen molar-refractivity contribution in [3.8, 4) is 0 Å². The van der Waals surface area contributed by atoms with Crippen molar-refractivity contribution in [3.63, 3.8) is 0 Å². The highest BCUT2D eigenvalue weighted by Gasteiger charge is 2.27. The van der Waals surface area contributed by atoms with Crippen molar-refractivity contribution >= 4 is 33.9 Å². The molecule has 0 saturated heterocycles. The number of carbonyl (C=O) groups excluding carboxylic acids is 1. The van der Waals surface area contributed by atoms with E-state index in [1.54, 1.807) is 0 Å². The molecule has 17 heavy (non-hydrogen) atoms. The molecular weight excluding hydrogens is 256 g/mol. The van der Waals surface area contributed by atoms with Gasteiger partial charge in [0, 0.05) is 18.0 Å². The number of alkyl halides is 1. The van der Waals surface area contributed by atoms with Crippen LogP contribution in [0.25, 0.3) is 0 Å². The fourth-order valence-electron chi connectivity index (χ4n) is 1.68. The molecule has 5 heteroatoms. The van der Waals surface area contributed by atoms with Gasteiger partial charge in [-0.15, -0.1) is 22.9 Å². The highest BCUT2D eigenvalue weighted by molar-refractivity contribution is 7.14. The fourth-order valence-corrected chi connectivity index (χ4v) is 2.79. The lowest BCUT2D eigenvalue weighted by atomic mass is 10.3. The van der Waals surface area contributed by atoms with Crippen molar-refractivity contribution in [3.05, 3.63) is 11.1 Å². The first-order valence-electron chi connectivity index (χ1n) is 5.93. The molecule has 0 bridgehead atoms. The van der Waals surface area contributed by atoms with Gasteiger partial charge in [0.05, 0.1) is 5.88 Å². The van der Waals surface area contributed by atoms with E-state index in [-0.39, 0.29) is 11.7 Å². The van der Waals surface area contributed by atoms with Crippen LogP contribution in [-0.4, -0.2) is 29.2 Å². The van der Waals surface area contributed by atoms with Gasteiger partial charge in [0.25, 0.3) is 0 Å². The van der Waals surface area contributed by atoms with Gasteiger partial charge in [-0.1, -0.05) is 0 Å². The summed E-state index contributed by atoms with van der Waals surface area (Å²) < 4.78 is 0. The molecule has 94 valence electrons. The zero-order valence-electron chi connectivity index (χ0n) is 10.1. The molecule has 1 heterocycles. The lowest BCUT2D eigenvalue weighted by molar-refractivity contribution is 0.101. The van der Waals surface area contributed by atoms with Crippen molar-refractivity contribution < 1.29 is 4.79 Å². The molecule has 0 aromatic carbocycles. The molecular formula is C12H17ClN2OS. The average molecular weight is 273 g/mol. The summed E-state index contributed by atoms with van der Waals surface area (Å²) in [5, 5.41) is 2.75. The second kappa shape index (κ2) is 5.36. The van der Waals surface area contributed by atoms with Gasteiger partial charge in [-0.2, -0.15) is 0 Å². The zero-order chi connectivity index (χ0) is 12.4. The summed E-state index contributed by atoms with van der Waals surface area (Å²) in [4.78, 5) is 18.1. The molecule has 3 nitrogen and oxygen atoms in total. The van der Waals surface area contributed by atoms with Gasteiger partial charge in [0.2, 0.25) is 0 Å². The number of thiazole rings is 1. The molecule has 0 amide bonds. The van der Waals surface area contributed by atoms with Crippen LogP contribution in [-0.2, 0) is 0 Å². The number of hydrogen-bond acceptors (Lipinski definition) is 4. The van der Waals surface area contributed by atoms with Gasteiger partial charge < -0.3 is 4.90 Å². The maximum atomic E-state index is 11.4. The van der Waals surface area contributed by atoms with Crippen LogP contribution in [0.4, 0.5) is 5.13 Å². The Morgan fingerprint density at radius 2 is 2.35 bits per heavy atom. The van der Waals surface area contributed by atoms with Crippen molar-refractivity contribution in [2.75, 3.05) is 17.3 Å². The number of Topliss-reactive ketones (excluding diaryl/α,β-unsaturated/α-hetero) is 1. The van der Waals surface area contributed by atoms with Crippen molar-refractivity contribution in [1.82, 2.24) is 4.98 Å². The van der Waals surface area contributed by atoms with E-state index < -0.39 is 0 Å². The summed E-state index contributed by atoms with van der Waals surface area (Å²) in [6.07, 6.45) is 2.64. The van der Waals surface area contributed by atoms with Gasteiger partial charge in [-0.3, -0.25) is 4.79 Å². The van der Waals surface area contributed by atoms with Gasteiger partial charge in [-0.05, 0) is 32.6 Å². The van der Waals surface area contributed by atoms with Crippen LogP contribution < -0.4 is 4.90 Å².